The first-order valence-electron chi connectivity index (χ1n) is 8.47. The standard InChI is InChI=1S/C19H26N4/c1-19(2,3)14-8-10-16(11-9-14)23-18-12-17(20-13-21-18)22-15-6-4-5-7-15/h8-13,15H,4-7H2,1-3H3,(H2,20,21,22,23). The third-order valence-electron chi connectivity index (χ3n) is 4.40. The van der Waals surface area contributed by atoms with Gasteiger partial charge in [-0.1, -0.05) is 45.7 Å². The van der Waals surface area contributed by atoms with Crippen LogP contribution >= 0.6 is 0 Å². The lowest BCUT2D eigenvalue weighted by atomic mass is 9.87. The molecule has 0 spiro atoms. The Morgan fingerprint density at radius 2 is 1.61 bits per heavy atom. The topological polar surface area (TPSA) is 49.8 Å². The summed E-state index contributed by atoms with van der Waals surface area (Å²) in [5.41, 5.74) is 2.55. The summed E-state index contributed by atoms with van der Waals surface area (Å²) in [6, 6.07) is 11.1. The van der Waals surface area contributed by atoms with Crippen LogP contribution in [0.4, 0.5) is 17.3 Å². The zero-order chi connectivity index (χ0) is 16.3. The molecule has 2 N–H and O–H groups in total. The van der Waals surface area contributed by atoms with E-state index in [0.29, 0.717) is 6.04 Å². The fourth-order valence-electron chi connectivity index (χ4n) is 2.99. The highest BCUT2D eigenvalue weighted by molar-refractivity contribution is 5.59. The van der Waals surface area contributed by atoms with Crippen molar-refractivity contribution in [2.45, 2.75) is 57.9 Å². The predicted molar refractivity (Wildman–Crippen MR) is 96.3 cm³/mol. The zero-order valence-electron chi connectivity index (χ0n) is 14.3. The lowest BCUT2D eigenvalue weighted by Crippen LogP contribution is -2.15. The van der Waals surface area contributed by atoms with Crippen molar-refractivity contribution in [2.24, 2.45) is 0 Å². The Balaban J connectivity index is 1.67. The Hall–Kier alpha value is -2.10. The minimum Gasteiger partial charge on any atom is -0.367 e. The maximum Gasteiger partial charge on any atom is 0.135 e. The van der Waals surface area contributed by atoms with E-state index in [1.807, 2.05) is 6.07 Å². The molecular formula is C19H26N4. The summed E-state index contributed by atoms with van der Waals surface area (Å²) in [6.45, 7) is 6.67. The van der Waals surface area contributed by atoms with Gasteiger partial charge in [0.05, 0.1) is 0 Å². The van der Waals surface area contributed by atoms with E-state index in [9.17, 15) is 0 Å². The molecule has 122 valence electrons. The van der Waals surface area contributed by atoms with Gasteiger partial charge in [-0.2, -0.15) is 0 Å². The van der Waals surface area contributed by atoms with Crippen LogP contribution in [-0.4, -0.2) is 16.0 Å². The summed E-state index contributed by atoms with van der Waals surface area (Å²) in [5.74, 6) is 1.73. The molecule has 1 heterocycles. The van der Waals surface area contributed by atoms with Crippen molar-refractivity contribution in [3.63, 3.8) is 0 Å². The Morgan fingerprint density at radius 3 is 2.26 bits per heavy atom. The molecule has 2 aromatic rings. The third kappa shape index (κ3) is 4.21. The van der Waals surface area contributed by atoms with E-state index in [-0.39, 0.29) is 5.41 Å². The fraction of sp³-hybridized carbons (Fsp3) is 0.474. The van der Waals surface area contributed by atoms with E-state index in [0.717, 1.165) is 17.3 Å². The van der Waals surface area contributed by atoms with Crippen LogP contribution in [0, 0.1) is 0 Å². The minimum absolute atomic E-state index is 0.172. The maximum atomic E-state index is 4.33. The number of benzene rings is 1. The van der Waals surface area contributed by atoms with Crippen LogP contribution in [0.5, 0.6) is 0 Å². The number of anilines is 3. The molecule has 1 aliphatic carbocycles. The van der Waals surface area contributed by atoms with E-state index < -0.39 is 0 Å². The van der Waals surface area contributed by atoms with Crippen LogP contribution in [0.1, 0.15) is 52.0 Å². The Bertz CT molecular complexity index is 637. The van der Waals surface area contributed by atoms with Crippen LogP contribution in [0.2, 0.25) is 0 Å². The average molecular weight is 310 g/mol. The van der Waals surface area contributed by atoms with Crippen molar-refractivity contribution in [1.82, 2.24) is 9.97 Å². The number of hydrogen-bond acceptors (Lipinski definition) is 4. The van der Waals surface area contributed by atoms with Crippen molar-refractivity contribution in [2.75, 3.05) is 10.6 Å². The SMILES string of the molecule is CC(C)(C)c1ccc(Nc2cc(NC3CCCC3)ncn2)cc1. The Kier molecular flexibility index (Phi) is 4.51. The molecule has 0 amide bonds. The Labute approximate surface area is 138 Å². The number of nitrogens with zero attached hydrogens (tertiary/aromatic N) is 2. The van der Waals surface area contributed by atoms with Crippen LogP contribution in [0.3, 0.4) is 0 Å². The molecular weight excluding hydrogens is 284 g/mol. The molecule has 0 saturated heterocycles. The first-order chi connectivity index (χ1) is 11.0. The molecule has 4 heteroatoms. The monoisotopic (exact) mass is 310 g/mol. The molecule has 23 heavy (non-hydrogen) atoms. The lowest BCUT2D eigenvalue weighted by Gasteiger charge is -2.19. The molecule has 4 nitrogen and oxygen atoms in total. The first-order valence-corrected chi connectivity index (χ1v) is 8.47. The van der Waals surface area contributed by atoms with Gasteiger partial charge >= 0.3 is 0 Å². The van der Waals surface area contributed by atoms with Gasteiger partial charge in [-0.25, -0.2) is 9.97 Å². The molecule has 0 bridgehead atoms. The van der Waals surface area contributed by atoms with Gasteiger partial charge in [0.25, 0.3) is 0 Å². The van der Waals surface area contributed by atoms with E-state index in [2.05, 4.69) is 65.6 Å². The van der Waals surface area contributed by atoms with E-state index in [1.54, 1.807) is 6.33 Å². The summed E-state index contributed by atoms with van der Waals surface area (Å²) in [4.78, 5) is 8.65. The molecule has 1 aliphatic rings. The zero-order valence-corrected chi connectivity index (χ0v) is 14.3. The van der Waals surface area contributed by atoms with Crippen LogP contribution in [-0.2, 0) is 5.41 Å². The number of aromatic nitrogens is 2. The second-order valence-corrected chi connectivity index (χ2v) is 7.37. The van der Waals surface area contributed by atoms with Gasteiger partial charge in [0.1, 0.15) is 18.0 Å². The van der Waals surface area contributed by atoms with E-state index in [4.69, 9.17) is 0 Å². The molecule has 1 aromatic heterocycles. The predicted octanol–water partition coefficient (Wildman–Crippen LogP) is 4.87. The summed E-state index contributed by atoms with van der Waals surface area (Å²) < 4.78 is 0. The number of nitrogens with one attached hydrogen (secondary N) is 2. The summed E-state index contributed by atoms with van der Waals surface area (Å²) >= 11 is 0. The molecule has 0 radical (unpaired) electrons. The highest BCUT2D eigenvalue weighted by Crippen LogP contribution is 2.25. The molecule has 1 aromatic carbocycles. The average Bonchev–Trinajstić information content (AvgIpc) is 3.00. The summed E-state index contributed by atoms with van der Waals surface area (Å²) in [7, 11) is 0. The smallest absolute Gasteiger partial charge is 0.135 e. The summed E-state index contributed by atoms with van der Waals surface area (Å²) in [5, 5.41) is 6.86. The fourth-order valence-corrected chi connectivity index (χ4v) is 2.99. The van der Waals surface area contributed by atoms with Crippen LogP contribution in [0.15, 0.2) is 36.7 Å². The van der Waals surface area contributed by atoms with Gasteiger partial charge in [-0.05, 0) is 36.0 Å². The quantitative estimate of drug-likeness (QED) is 0.845. The van der Waals surface area contributed by atoms with Gasteiger partial charge in [-0.15, -0.1) is 0 Å². The van der Waals surface area contributed by atoms with Crippen molar-refractivity contribution in [3.8, 4) is 0 Å². The Morgan fingerprint density at radius 1 is 0.957 bits per heavy atom. The van der Waals surface area contributed by atoms with Crippen LogP contribution in [0.25, 0.3) is 0 Å². The van der Waals surface area contributed by atoms with Crippen molar-refractivity contribution < 1.29 is 0 Å². The van der Waals surface area contributed by atoms with Crippen molar-refractivity contribution >= 4 is 17.3 Å². The van der Waals surface area contributed by atoms with E-state index in [1.165, 1.54) is 31.2 Å². The minimum atomic E-state index is 0.172. The molecule has 0 aliphatic heterocycles. The number of rotatable bonds is 4. The van der Waals surface area contributed by atoms with Crippen LogP contribution < -0.4 is 10.6 Å². The second-order valence-electron chi connectivity index (χ2n) is 7.37. The second kappa shape index (κ2) is 6.57. The first kappa shape index (κ1) is 15.8. The maximum absolute atomic E-state index is 4.33. The van der Waals surface area contributed by atoms with Gasteiger partial charge in [0, 0.05) is 17.8 Å². The normalized spacial score (nSPS) is 15.6. The molecule has 0 unspecified atom stereocenters. The van der Waals surface area contributed by atoms with Crippen molar-refractivity contribution in [1.29, 1.82) is 0 Å². The van der Waals surface area contributed by atoms with E-state index >= 15 is 0 Å². The van der Waals surface area contributed by atoms with Gasteiger partial charge in [-0.3, -0.25) is 0 Å². The molecule has 1 saturated carbocycles. The molecule has 0 atom stereocenters. The number of hydrogen-bond donors (Lipinski definition) is 2. The van der Waals surface area contributed by atoms with Gasteiger partial charge < -0.3 is 10.6 Å². The summed E-state index contributed by atoms with van der Waals surface area (Å²) in [6.07, 6.45) is 6.72. The largest absolute Gasteiger partial charge is 0.367 e. The lowest BCUT2D eigenvalue weighted by molar-refractivity contribution is 0.590. The van der Waals surface area contributed by atoms with Crippen molar-refractivity contribution in [3.05, 3.63) is 42.2 Å². The molecule has 1 fully saturated rings. The third-order valence-corrected chi connectivity index (χ3v) is 4.40. The molecule has 3 rings (SSSR count). The van der Waals surface area contributed by atoms with Gasteiger partial charge in [0.2, 0.25) is 0 Å². The van der Waals surface area contributed by atoms with Gasteiger partial charge in [0.15, 0.2) is 0 Å². The highest BCUT2D eigenvalue weighted by Gasteiger charge is 2.15. The highest BCUT2D eigenvalue weighted by atomic mass is 15.1.